The number of alkyl halides is 1. The number of rotatable bonds is 19. The summed E-state index contributed by atoms with van der Waals surface area (Å²) in [5.41, 5.74) is -0.990. The first-order valence-corrected chi connectivity index (χ1v) is 9.38. The molecule has 8 nitrogen and oxygen atoms in total. The van der Waals surface area contributed by atoms with Gasteiger partial charge < -0.3 is 34.3 Å². The number of amides is 1. The lowest BCUT2D eigenvalue weighted by atomic mass is 10.0. The van der Waals surface area contributed by atoms with Gasteiger partial charge in [-0.3, -0.25) is 4.79 Å². The zero-order chi connectivity index (χ0) is 20.4. The van der Waals surface area contributed by atoms with Crippen LogP contribution in [0.25, 0.3) is 0 Å². The van der Waals surface area contributed by atoms with Crippen LogP contribution < -0.4 is 10.6 Å². The Hall–Kier alpha value is -0.840. The third kappa shape index (κ3) is 17.0. The van der Waals surface area contributed by atoms with Gasteiger partial charge in [0.25, 0.3) is 0 Å². The molecule has 0 aliphatic heterocycles. The van der Waals surface area contributed by atoms with Crippen molar-refractivity contribution in [2.24, 2.45) is 0 Å². The average Bonchev–Trinajstić information content (AvgIpc) is 2.62. The van der Waals surface area contributed by atoms with Crippen LogP contribution in [0.2, 0.25) is 0 Å². The van der Waals surface area contributed by atoms with Crippen LogP contribution in [0.3, 0.4) is 0 Å². The summed E-state index contributed by atoms with van der Waals surface area (Å²) in [4.78, 5) is 10.8. The zero-order valence-electron chi connectivity index (χ0n) is 17.2. The quantitative estimate of drug-likeness (QED) is 0.308. The molecule has 0 radical (unpaired) electrons. The lowest BCUT2D eigenvalue weighted by Crippen LogP contribution is -2.44. The fourth-order valence-corrected chi connectivity index (χ4v) is 1.87. The van der Waals surface area contributed by atoms with Gasteiger partial charge in [0, 0.05) is 13.5 Å². The summed E-state index contributed by atoms with van der Waals surface area (Å²) in [5.74, 6) is -0.264. The molecule has 0 fully saturated rings. The summed E-state index contributed by atoms with van der Waals surface area (Å²) in [6, 6.07) is 0. The maximum atomic E-state index is 14.0. The predicted molar refractivity (Wildman–Crippen MR) is 101 cm³/mol. The molecule has 1 amide bonds. The minimum absolute atomic E-state index is 0.0683. The Morgan fingerprint density at radius 3 is 1.78 bits per heavy atom. The molecule has 27 heavy (non-hydrogen) atoms. The maximum absolute atomic E-state index is 14.0. The van der Waals surface area contributed by atoms with Gasteiger partial charge in [-0.2, -0.15) is 0 Å². The van der Waals surface area contributed by atoms with Gasteiger partial charge in [0.15, 0.2) is 0 Å². The molecule has 0 heterocycles. The number of halogens is 1. The highest BCUT2D eigenvalue weighted by atomic mass is 19.1. The van der Waals surface area contributed by atoms with E-state index in [4.69, 9.17) is 23.7 Å². The lowest BCUT2D eigenvalue weighted by Gasteiger charge is -2.29. The van der Waals surface area contributed by atoms with E-state index < -0.39 is 11.8 Å². The van der Waals surface area contributed by atoms with Crippen molar-refractivity contribution in [3.8, 4) is 0 Å². The molecular formula is C18H37FN2O6. The predicted octanol–water partition coefficient (Wildman–Crippen LogP) is 0.542. The molecule has 0 saturated carbocycles. The van der Waals surface area contributed by atoms with Crippen molar-refractivity contribution >= 4 is 5.91 Å². The number of likely N-dealkylation sites (N-methyl/N-ethyl adjacent to an activating group) is 1. The van der Waals surface area contributed by atoms with Crippen molar-refractivity contribution in [1.29, 1.82) is 0 Å². The topological polar surface area (TPSA) is 87.3 Å². The monoisotopic (exact) mass is 396 g/mol. The molecule has 0 aliphatic rings. The van der Waals surface area contributed by atoms with E-state index >= 15 is 0 Å². The van der Waals surface area contributed by atoms with Gasteiger partial charge in [0.2, 0.25) is 5.91 Å². The van der Waals surface area contributed by atoms with E-state index in [9.17, 15) is 9.18 Å². The van der Waals surface area contributed by atoms with Crippen LogP contribution in [-0.2, 0) is 28.5 Å². The molecule has 1 unspecified atom stereocenters. The molecule has 0 aromatic rings. The van der Waals surface area contributed by atoms with Crippen LogP contribution >= 0.6 is 0 Å². The van der Waals surface area contributed by atoms with Crippen molar-refractivity contribution in [2.45, 2.75) is 32.5 Å². The Morgan fingerprint density at radius 1 is 0.889 bits per heavy atom. The van der Waals surface area contributed by atoms with Gasteiger partial charge in [-0.25, -0.2) is 4.39 Å². The Balaban J connectivity index is 3.38. The highest BCUT2D eigenvalue weighted by molar-refractivity contribution is 5.72. The Morgan fingerprint density at radius 2 is 1.33 bits per heavy atom. The number of nitrogens with one attached hydrogen (secondary N) is 2. The molecule has 0 bridgehead atoms. The molecule has 9 heteroatoms. The molecule has 0 rings (SSSR count). The van der Waals surface area contributed by atoms with Crippen molar-refractivity contribution < 1.29 is 32.9 Å². The largest absolute Gasteiger partial charge is 0.378 e. The first-order valence-electron chi connectivity index (χ1n) is 9.38. The molecule has 0 spiro atoms. The second-order valence-corrected chi connectivity index (χ2v) is 6.41. The van der Waals surface area contributed by atoms with Crippen LogP contribution in [0.15, 0.2) is 0 Å². The van der Waals surface area contributed by atoms with Gasteiger partial charge in [0.1, 0.15) is 6.17 Å². The fraction of sp³-hybridized carbons (Fsp3) is 0.944. The molecule has 0 saturated heterocycles. The van der Waals surface area contributed by atoms with Crippen molar-refractivity contribution in [1.82, 2.24) is 10.6 Å². The standard InChI is InChI=1S/C18H37FN2O6/c1-16(22)21-15-17(19)18(2,3)27-14-13-26-12-11-25-10-9-24-8-7-23-6-5-20-4/h17,20H,5-15H2,1-4H3,(H,21,22). The molecule has 162 valence electrons. The summed E-state index contributed by atoms with van der Waals surface area (Å²) in [5, 5.41) is 5.44. The summed E-state index contributed by atoms with van der Waals surface area (Å²) >= 11 is 0. The van der Waals surface area contributed by atoms with E-state index in [1.54, 1.807) is 13.8 Å². The van der Waals surface area contributed by atoms with E-state index in [1.807, 2.05) is 7.05 Å². The average molecular weight is 397 g/mol. The fourth-order valence-electron chi connectivity index (χ4n) is 1.87. The molecule has 0 aromatic carbocycles. The van der Waals surface area contributed by atoms with Crippen LogP contribution in [0.4, 0.5) is 4.39 Å². The third-order valence-electron chi connectivity index (χ3n) is 3.60. The number of hydrogen-bond donors (Lipinski definition) is 2. The number of hydrogen-bond acceptors (Lipinski definition) is 7. The van der Waals surface area contributed by atoms with Crippen LogP contribution in [0.5, 0.6) is 0 Å². The lowest BCUT2D eigenvalue weighted by molar-refractivity contribution is -0.120. The maximum Gasteiger partial charge on any atom is 0.216 e. The minimum atomic E-state index is -1.29. The number of carbonyl (C=O) groups is 1. The summed E-state index contributed by atoms with van der Waals surface area (Å²) in [6.07, 6.45) is -1.29. The molecule has 0 aromatic heterocycles. The van der Waals surface area contributed by atoms with Crippen molar-refractivity contribution in [2.75, 3.05) is 79.6 Å². The summed E-state index contributed by atoms with van der Waals surface area (Å²) in [6.45, 7) is 9.72. The smallest absolute Gasteiger partial charge is 0.216 e. The van der Waals surface area contributed by atoms with E-state index in [1.165, 1.54) is 6.92 Å². The number of carbonyl (C=O) groups excluding carboxylic acids is 1. The van der Waals surface area contributed by atoms with Crippen molar-refractivity contribution in [3.05, 3.63) is 0 Å². The summed E-state index contributed by atoms with van der Waals surface area (Å²) in [7, 11) is 1.88. The van der Waals surface area contributed by atoms with Crippen LogP contribution in [0, 0.1) is 0 Å². The van der Waals surface area contributed by atoms with Crippen LogP contribution in [-0.4, -0.2) is 97.3 Å². The number of ether oxygens (including phenoxy) is 5. The van der Waals surface area contributed by atoms with E-state index in [0.29, 0.717) is 52.9 Å². The second kappa shape index (κ2) is 17.3. The second-order valence-electron chi connectivity index (χ2n) is 6.41. The Bertz CT molecular complexity index is 361. The summed E-state index contributed by atoms with van der Waals surface area (Å²) < 4.78 is 40.9. The highest BCUT2D eigenvalue weighted by Crippen LogP contribution is 2.17. The van der Waals surface area contributed by atoms with Gasteiger partial charge in [0.05, 0.1) is 71.6 Å². The Labute approximate surface area is 162 Å². The molecule has 0 aliphatic carbocycles. The van der Waals surface area contributed by atoms with Gasteiger partial charge >= 0.3 is 0 Å². The minimum Gasteiger partial charge on any atom is -0.378 e. The van der Waals surface area contributed by atoms with Crippen LogP contribution in [0.1, 0.15) is 20.8 Å². The van der Waals surface area contributed by atoms with Gasteiger partial charge in [-0.15, -0.1) is 0 Å². The van der Waals surface area contributed by atoms with E-state index in [0.717, 1.165) is 6.54 Å². The molecule has 1 atom stereocenters. The molecule has 2 N–H and O–H groups in total. The van der Waals surface area contributed by atoms with E-state index in [2.05, 4.69) is 10.6 Å². The van der Waals surface area contributed by atoms with Gasteiger partial charge in [-0.1, -0.05) is 0 Å². The SMILES string of the molecule is CNCCOCCOCCOCCOCCOC(C)(C)C(F)CNC(C)=O. The van der Waals surface area contributed by atoms with E-state index in [-0.39, 0.29) is 19.1 Å². The zero-order valence-corrected chi connectivity index (χ0v) is 17.2. The normalized spacial score (nSPS) is 12.9. The Kier molecular flexibility index (Phi) is 16.7. The molecular weight excluding hydrogens is 359 g/mol. The third-order valence-corrected chi connectivity index (χ3v) is 3.60. The van der Waals surface area contributed by atoms with Gasteiger partial charge in [-0.05, 0) is 20.9 Å². The first kappa shape index (κ1) is 26.2. The van der Waals surface area contributed by atoms with Crippen molar-refractivity contribution in [3.63, 3.8) is 0 Å². The first-order chi connectivity index (χ1) is 12.9. The highest BCUT2D eigenvalue weighted by Gasteiger charge is 2.30.